The lowest BCUT2D eigenvalue weighted by Gasteiger charge is -2.29. The summed E-state index contributed by atoms with van der Waals surface area (Å²) < 4.78 is 11.7. The van der Waals surface area contributed by atoms with Crippen molar-refractivity contribution >= 4 is 35.3 Å². The Morgan fingerprint density at radius 3 is 2.49 bits per heavy atom. The van der Waals surface area contributed by atoms with E-state index in [1.165, 1.54) is 24.2 Å². The first kappa shape index (κ1) is 37.0. The minimum absolute atomic E-state index is 0.0345. The fourth-order valence-corrected chi connectivity index (χ4v) is 7.61. The van der Waals surface area contributed by atoms with E-state index in [9.17, 15) is 24.0 Å². The second-order valence-electron chi connectivity index (χ2n) is 15.8. The SMILES string of the molecule is CC(C)(C)OC(=O)CC(CCOCCCCC1CCC(N)CC1)CCC1(C(=O)Nc2cccc3c2CN(C2CCC(=O)NC2=O)C3=O)CC1. The Balaban J connectivity index is 1.12. The quantitative estimate of drug-likeness (QED) is 0.119. The number of nitrogens with zero attached hydrogens (tertiary/aromatic N) is 1. The van der Waals surface area contributed by atoms with Gasteiger partial charge in [0.25, 0.3) is 5.91 Å². The number of nitrogens with one attached hydrogen (secondary N) is 2. The number of esters is 1. The van der Waals surface area contributed by atoms with E-state index >= 15 is 0 Å². The Morgan fingerprint density at radius 1 is 1.04 bits per heavy atom. The highest BCUT2D eigenvalue weighted by Crippen LogP contribution is 2.51. The number of hydrogen-bond donors (Lipinski definition) is 3. The molecule has 2 aliphatic carbocycles. The molecule has 1 aromatic rings. The highest BCUT2D eigenvalue weighted by Gasteiger charge is 2.50. The molecular formula is C38H56N4O7. The number of carbonyl (C=O) groups is 5. The largest absolute Gasteiger partial charge is 0.460 e. The Morgan fingerprint density at radius 2 is 1.80 bits per heavy atom. The molecule has 2 saturated carbocycles. The third kappa shape index (κ3) is 10.1. The molecule has 11 nitrogen and oxygen atoms in total. The average molecular weight is 681 g/mol. The average Bonchev–Trinajstić information content (AvgIpc) is 3.76. The van der Waals surface area contributed by atoms with Crippen molar-refractivity contribution in [2.45, 2.75) is 141 Å². The Bertz CT molecular complexity index is 1380. The second-order valence-corrected chi connectivity index (χ2v) is 15.8. The lowest BCUT2D eigenvalue weighted by Crippen LogP contribution is -2.52. The molecule has 0 radical (unpaired) electrons. The molecule has 1 aromatic carbocycles. The van der Waals surface area contributed by atoms with Crippen LogP contribution >= 0.6 is 0 Å². The van der Waals surface area contributed by atoms with Crippen molar-refractivity contribution in [1.29, 1.82) is 0 Å². The number of amides is 4. The Kier molecular flexibility index (Phi) is 12.2. The summed E-state index contributed by atoms with van der Waals surface area (Å²) in [6, 6.07) is 4.91. The van der Waals surface area contributed by atoms with Gasteiger partial charge in [-0.05, 0) is 115 Å². The number of imide groups is 1. The van der Waals surface area contributed by atoms with Crippen LogP contribution in [-0.2, 0) is 35.2 Å². The topological polar surface area (TPSA) is 157 Å². The maximum Gasteiger partial charge on any atom is 0.306 e. The van der Waals surface area contributed by atoms with Crippen LogP contribution in [-0.4, -0.2) is 65.4 Å². The van der Waals surface area contributed by atoms with Crippen LogP contribution in [0.5, 0.6) is 0 Å². The second kappa shape index (κ2) is 16.1. The molecule has 0 aromatic heterocycles. The van der Waals surface area contributed by atoms with Gasteiger partial charge >= 0.3 is 5.97 Å². The number of nitrogens with two attached hydrogens (primary N) is 1. The van der Waals surface area contributed by atoms with Gasteiger partial charge < -0.3 is 25.4 Å². The number of ether oxygens (including phenoxy) is 2. The minimum Gasteiger partial charge on any atom is -0.460 e. The molecule has 2 aliphatic heterocycles. The van der Waals surface area contributed by atoms with Crippen LogP contribution in [0, 0.1) is 17.3 Å². The van der Waals surface area contributed by atoms with E-state index in [1.54, 1.807) is 18.2 Å². The monoisotopic (exact) mass is 680 g/mol. The smallest absolute Gasteiger partial charge is 0.306 e. The lowest BCUT2D eigenvalue weighted by molar-refractivity contribution is -0.156. The normalized spacial score (nSPS) is 23.9. The van der Waals surface area contributed by atoms with E-state index in [4.69, 9.17) is 15.2 Å². The molecule has 0 bridgehead atoms. The van der Waals surface area contributed by atoms with Gasteiger partial charge in [0.15, 0.2) is 0 Å². The minimum atomic E-state index is -0.719. The highest BCUT2D eigenvalue weighted by molar-refractivity contribution is 6.07. The maximum absolute atomic E-state index is 13.7. The number of anilines is 1. The van der Waals surface area contributed by atoms with E-state index in [-0.39, 0.29) is 55.4 Å². The van der Waals surface area contributed by atoms with Crippen LogP contribution in [0.25, 0.3) is 0 Å². The number of unbranched alkanes of at least 4 members (excludes halogenated alkanes) is 1. The Hall–Kier alpha value is -3.31. The summed E-state index contributed by atoms with van der Waals surface area (Å²) in [6.07, 6.45) is 12.5. The van der Waals surface area contributed by atoms with Gasteiger partial charge in [0.05, 0.1) is 0 Å². The summed E-state index contributed by atoms with van der Waals surface area (Å²) in [6.45, 7) is 7.07. The van der Waals surface area contributed by atoms with E-state index < -0.39 is 23.0 Å². The van der Waals surface area contributed by atoms with Crippen molar-refractivity contribution in [3.05, 3.63) is 29.3 Å². The van der Waals surface area contributed by atoms with Gasteiger partial charge in [-0.25, -0.2) is 0 Å². The number of rotatable bonds is 16. The van der Waals surface area contributed by atoms with Gasteiger partial charge in [-0.15, -0.1) is 0 Å². The molecular weight excluding hydrogens is 624 g/mol. The van der Waals surface area contributed by atoms with Crippen LogP contribution in [0.1, 0.15) is 133 Å². The molecule has 2 heterocycles. The number of piperidine rings is 1. The van der Waals surface area contributed by atoms with Crippen LogP contribution in [0.2, 0.25) is 0 Å². The van der Waals surface area contributed by atoms with Gasteiger partial charge in [0.2, 0.25) is 17.7 Å². The fraction of sp³-hybridized carbons (Fsp3) is 0.711. The van der Waals surface area contributed by atoms with E-state index in [1.807, 2.05) is 20.8 Å². The molecule has 4 aliphatic rings. The summed E-state index contributed by atoms with van der Waals surface area (Å²) in [5.74, 6) is -0.560. The van der Waals surface area contributed by atoms with Crippen molar-refractivity contribution in [2.75, 3.05) is 18.5 Å². The first-order valence-electron chi connectivity index (χ1n) is 18.5. The molecule has 3 fully saturated rings. The zero-order valence-corrected chi connectivity index (χ0v) is 29.7. The standard InChI is InChI=1S/C38H56N4O7/c1-37(2,3)49-33(44)23-26(17-22-48-21-5-4-7-25-10-12-27(39)13-11-25)16-18-38(19-20-38)36(47)40-30-9-6-8-28-29(30)24-42(35(28)46)31-14-15-32(43)41-34(31)45/h6,8-9,25-27,31H,4-5,7,10-24,39H2,1-3H3,(H,40,47)(H,41,43,45). The van der Waals surface area contributed by atoms with Crippen molar-refractivity contribution in [2.24, 2.45) is 23.0 Å². The summed E-state index contributed by atoms with van der Waals surface area (Å²) in [7, 11) is 0. The number of benzene rings is 1. The fourth-order valence-electron chi connectivity index (χ4n) is 7.61. The number of fused-ring (bicyclic) bond motifs is 1. The van der Waals surface area contributed by atoms with E-state index in [0.29, 0.717) is 48.9 Å². The lowest BCUT2D eigenvalue weighted by atomic mass is 9.83. The molecule has 11 heteroatoms. The molecule has 2 atom stereocenters. The van der Waals surface area contributed by atoms with Gasteiger partial charge in [0, 0.05) is 60.9 Å². The van der Waals surface area contributed by atoms with Crippen molar-refractivity contribution in [1.82, 2.24) is 10.2 Å². The first-order valence-corrected chi connectivity index (χ1v) is 18.5. The summed E-state index contributed by atoms with van der Waals surface area (Å²) in [4.78, 5) is 65.4. The van der Waals surface area contributed by atoms with Crippen molar-refractivity contribution in [3.63, 3.8) is 0 Å². The summed E-state index contributed by atoms with van der Waals surface area (Å²) in [5, 5.41) is 5.43. The molecule has 2 unspecified atom stereocenters. The summed E-state index contributed by atoms with van der Waals surface area (Å²) >= 11 is 0. The zero-order valence-electron chi connectivity index (χ0n) is 29.7. The van der Waals surface area contributed by atoms with Gasteiger partial charge in [-0.1, -0.05) is 18.9 Å². The molecule has 270 valence electrons. The molecule has 1 saturated heterocycles. The molecule has 4 N–H and O–H groups in total. The third-order valence-corrected chi connectivity index (χ3v) is 10.8. The Labute approximate surface area is 290 Å². The van der Waals surface area contributed by atoms with Crippen LogP contribution in [0.15, 0.2) is 18.2 Å². The van der Waals surface area contributed by atoms with E-state index in [0.717, 1.165) is 50.9 Å². The maximum atomic E-state index is 13.7. The van der Waals surface area contributed by atoms with E-state index in [2.05, 4.69) is 10.6 Å². The predicted molar refractivity (Wildman–Crippen MR) is 185 cm³/mol. The number of hydrogen-bond acceptors (Lipinski definition) is 8. The molecule has 0 spiro atoms. The van der Waals surface area contributed by atoms with Crippen molar-refractivity contribution in [3.8, 4) is 0 Å². The van der Waals surface area contributed by atoms with Gasteiger partial charge in [-0.2, -0.15) is 0 Å². The predicted octanol–water partition coefficient (Wildman–Crippen LogP) is 5.39. The third-order valence-electron chi connectivity index (χ3n) is 10.8. The van der Waals surface area contributed by atoms with Crippen LogP contribution in [0.3, 0.4) is 0 Å². The molecule has 4 amide bonds. The van der Waals surface area contributed by atoms with Crippen LogP contribution < -0.4 is 16.4 Å². The van der Waals surface area contributed by atoms with Crippen molar-refractivity contribution < 1.29 is 33.4 Å². The molecule has 49 heavy (non-hydrogen) atoms. The van der Waals surface area contributed by atoms with Gasteiger partial charge in [-0.3, -0.25) is 29.3 Å². The number of carbonyl (C=O) groups excluding carboxylic acids is 5. The highest BCUT2D eigenvalue weighted by atomic mass is 16.6. The van der Waals surface area contributed by atoms with Gasteiger partial charge in [0.1, 0.15) is 11.6 Å². The first-order chi connectivity index (χ1) is 23.3. The van der Waals surface area contributed by atoms with Crippen LogP contribution in [0.4, 0.5) is 5.69 Å². The molecule has 5 rings (SSSR count). The summed E-state index contributed by atoms with van der Waals surface area (Å²) in [5.41, 5.74) is 6.67. The zero-order chi connectivity index (χ0) is 35.2.